The summed E-state index contributed by atoms with van der Waals surface area (Å²) >= 11 is 0.623. The number of anilines is 1. The average Bonchev–Trinajstić information content (AvgIpc) is 2.96. The Morgan fingerprint density at radius 1 is 1.03 bits per heavy atom. The molecule has 2 rings (SSSR count). The number of hydrogen-bond donors (Lipinski definition) is 2. The first-order valence-electron chi connectivity index (χ1n) is 8.39. The number of rotatable bonds is 4. The zero-order chi connectivity index (χ0) is 22.2. The van der Waals surface area contributed by atoms with Gasteiger partial charge in [0.05, 0.1) is 12.7 Å². The van der Waals surface area contributed by atoms with Crippen molar-refractivity contribution in [2.24, 2.45) is 0 Å². The normalized spacial score (nSPS) is 14.8. The fourth-order valence-electron chi connectivity index (χ4n) is 2.89. The maximum absolute atomic E-state index is 13.8. The largest absolute Gasteiger partial charge is 0.465 e. The van der Waals surface area contributed by atoms with Crippen molar-refractivity contribution in [3.05, 3.63) is 16.0 Å². The van der Waals surface area contributed by atoms with Gasteiger partial charge in [-0.3, -0.25) is 5.32 Å². The van der Waals surface area contributed by atoms with E-state index in [-0.39, 0.29) is 5.56 Å². The van der Waals surface area contributed by atoms with Gasteiger partial charge in [-0.15, -0.1) is 11.3 Å². The van der Waals surface area contributed by atoms with Crippen molar-refractivity contribution >= 4 is 28.3 Å². The zero-order valence-corrected chi connectivity index (χ0v) is 16.5. The van der Waals surface area contributed by atoms with Crippen LogP contribution in [0.3, 0.4) is 0 Å². The minimum atomic E-state index is -5.98. The second-order valence-electron chi connectivity index (χ2n) is 6.60. The molecule has 29 heavy (non-hydrogen) atoms. The smallest absolute Gasteiger partial charge is 0.439 e. The molecule has 0 radical (unpaired) electrons. The van der Waals surface area contributed by atoms with Crippen LogP contribution in [0.5, 0.6) is 0 Å². The number of thiophene rings is 1. The summed E-state index contributed by atoms with van der Waals surface area (Å²) in [4.78, 5) is 25.0. The van der Waals surface area contributed by atoms with Crippen molar-refractivity contribution in [3.8, 4) is 0 Å². The summed E-state index contributed by atoms with van der Waals surface area (Å²) in [7, 11) is 2.97. The third kappa shape index (κ3) is 4.23. The maximum Gasteiger partial charge on any atom is 0.439 e. The van der Waals surface area contributed by atoms with Gasteiger partial charge in [0.2, 0.25) is 0 Å². The van der Waals surface area contributed by atoms with E-state index in [1.165, 1.54) is 5.32 Å². The minimum absolute atomic E-state index is 0.326. The number of amides is 2. The van der Waals surface area contributed by atoms with Crippen molar-refractivity contribution in [1.82, 2.24) is 10.2 Å². The summed E-state index contributed by atoms with van der Waals surface area (Å²) in [6.45, 7) is 0. The standard InChI is InChI=1S/C16H19F6N3O3S/c1-25(2)13(27)24-14(15(17,18)19,16(20,21)22)23-11-10(12(26)28-3)8-6-4-5-7-9(8)29-11/h23H,4-7H2,1-3H3,(H,24,27). The van der Waals surface area contributed by atoms with Crippen molar-refractivity contribution in [2.45, 2.75) is 43.7 Å². The molecular formula is C16H19F6N3O3S. The SMILES string of the molecule is COC(=O)c1c(NC(NC(=O)N(C)C)(C(F)(F)F)C(F)(F)F)sc2c1CCCC2. The molecule has 0 saturated heterocycles. The van der Waals surface area contributed by atoms with Gasteiger partial charge < -0.3 is 15.0 Å². The van der Waals surface area contributed by atoms with E-state index in [1.807, 2.05) is 0 Å². The monoisotopic (exact) mass is 447 g/mol. The van der Waals surface area contributed by atoms with Crippen molar-refractivity contribution in [2.75, 3.05) is 26.5 Å². The number of carbonyl (C=O) groups is 2. The molecule has 1 aromatic heterocycles. The highest BCUT2D eigenvalue weighted by molar-refractivity contribution is 7.16. The average molecular weight is 447 g/mol. The fraction of sp³-hybridized carbons (Fsp3) is 0.625. The molecule has 2 amide bonds. The number of carbonyl (C=O) groups excluding carboxylic acids is 2. The van der Waals surface area contributed by atoms with E-state index in [0.29, 0.717) is 52.4 Å². The number of urea groups is 1. The number of ether oxygens (including phenoxy) is 1. The molecule has 13 heteroatoms. The Hall–Kier alpha value is -2.18. The first-order valence-corrected chi connectivity index (χ1v) is 9.20. The highest BCUT2D eigenvalue weighted by Crippen LogP contribution is 2.47. The zero-order valence-electron chi connectivity index (χ0n) is 15.7. The maximum atomic E-state index is 13.8. The lowest BCUT2D eigenvalue weighted by molar-refractivity contribution is -0.294. The summed E-state index contributed by atoms with van der Waals surface area (Å²) in [5, 5.41) is 1.76. The van der Waals surface area contributed by atoms with Gasteiger partial charge in [0.15, 0.2) is 0 Å². The van der Waals surface area contributed by atoms with E-state index in [9.17, 15) is 35.9 Å². The van der Waals surface area contributed by atoms with Gasteiger partial charge in [-0.2, -0.15) is 26.3 Å². The lowest BCUT2D eigenvalue weighted by atomic mass is 9.95. The Morgan fingerprint density at radius 2 is 1.59 bits per heavy atom. The van der Waals surface area contributed by atoms with Gasteiger partial charge in [-0.05, 0) is 31.2 Å². The lowest BCUT2D eigenvalue weighted by Gasteiger charge is -2.39. The third-order valence-corrected chi connectivity index (χ3v) is 5.62. The van der Waals surface area contributed by atoms with E-state index >= 15 is 0 Å². The highest BCUT2D eigenvalue weighted by Gasteiger charge is 2.73. The third-order valence-electron chi connectivity index (χ3n) is 4.41. The molecule has 0 aromatic carbocycles. The minimum Gasteiger partial charge on any atom is -0.465 e. The van der Waals surface area contributed by atoms with E-state index in [0.717, 1.165) is 26.5 Å². The molecule has 1 aromatic rings. The Kier molecular flexibility index (Phi) is 6.31. The Morgan fingerprint density at radius 3 is 2.07 bits per heavy atom. The van der Waals surface area contributed by atoms with Crippen LogP contribution >= 0.6 is 11.3 Å². The van der Waals surface area contributed by atoms with Crippen LogP contribution in [-0.4, -0.2) is 56.1 Å². The van der Waals surface area contributed by atoms with Crippen LogP contribution in [0.15, 0.2) is 0 Å². The molecule has 0 atom stereocenters. The molecule has 0 bridgehead atoms. The van der Waals surface area contributed by atoms with Crippen LogP contribution in [0.4, 0.5) is 36.1 Å². The highest BCUT2D eigenvalue weighted by atomic mass is 32.1. The van der Waals surface area contributed by atoms with E-state index in [1.54, 1.807) is 0 Å². The first kappa shape index (κ1) is 23.1. The van der Waals surface area contributed by atoms with Crippen molar-refractivity contribution < 1.29 is 40.7 Å². The number of aryl methyl sites for hydroxylation is 1. The first-order chi connectivity index (χ1) is 13.2. The number of methoxy groups -OCH3 is 1. The molecule has 0 aliphatic heterocycles. The Bertz CT molecular complexity index is 774. The second-order valence-corrected chi connectivity index (χ2v) is 7.71. The molecular weight excluding hydrogens is 428 g/mol. The molecule has 0 saturated carbocycles. The predicted molar refractivity (Wildman–Crippen MR) is 93.0 cm³/mol. The number of nitrogens with one attached hydrogen (secondary N) is 2. The molecule has 164 valence electrons. The predicted octanol–water partition coefficient (Wildman–Crippen LogP) is 3.92. The number of alkyl halides is 6. The number of esters is 1. The molecule has 6 nitrogen and oxygen atoms in total. The van der Waals surface area contributed by atoms with Crippen molar-refractivity contribution in [1.29, 1.82) is 0 Å². The lowest BCUT2D eigenvalue weighted by Crippen LogP contribution is -2.73. The van der Waals surface area contributed by atoms with Crippen molar-refractivity contribution in [3.63, 3.8) is 0 Å². The number of hydrogen-bond acceptors (Lipinski definition) is 5. The van der Waals surface area contributed by atoms with Gasteiger partial charge in [0, 0.05) is 19.0 Å². The van der Waals surface area contributed by atoms with Gasteiger partial charge in [0.1, 0.15) is 5.00 Å². The molecule has 0 spiro atoms. The van der Waals surface area contributed by atoms with Gasteiger partial charge in [-0.1, -0.05) is 0 Å². The van der Waals surface area contributed by atoms with Gasteiger partial charge >= 0.3 is 30.0 Å². The van der Waals surface area contributed by atoms with Crippen LogP contribution in [0.25, 0.3) is 0 Å². The van der Waals surface area contributed by atoms with Crippen LogP contribution in [-0.2, 0) is 17.6 Å². The molecule has 1 aliphatic rings. The molecule has 1 aliphatic carbocycles. The fourth-order valence-corrected chi connectivity index (χ4v) is 4.22. The summed E-state index contributed by atoms with van der Waals surface area (Å²) in [6, 6.07) is -1.62. The molecule has 2 N–H and O–H groups in total. The summed E-state index contributed by atoms with van der Waals surface area (Å²) in [5.74, 6) is -1.05. The molecule has 0 fully saturated rings. The topological polar surface area (TPSA) is 70.7 Å². The number of fused-ring (bicyclic) bond motifs is 1. The Labute approximate surface area is 166 Å². The quantitative estimate of drug-likeness (QED) is 0.417. The summed E-state index contributed by atoms with van der Waals surface area (Å²) in [6.07, 6.45) is -9.89. The van der Waals surface area contributed by atoms with Crippen LogP contribution in [0.1, 0.15) is 33.6 Å². The van der Waals surface area contributed by atoms with E-state index in [4.69, 9.17) is 0 Å². The van der Waals surface area contributed by atoms with E-state index in [2.05, 4.69) is 4.74 Å². The van der Waals surface area contributed by atoms with Crippen LogP contribution in [0, 0.1) is 0 Å². The van der Waals surface area contributed by atoms with Gasteiger partial charge in [0.25, 0.3) is 0 Å². The summed E-state index contributed by atoms with van der Waals surface area (Å²) in [5.41, 5.74) is -4.81. The van der Waals surface area contributed by atoms with Gasteiger partial charge in [-0.25, -0.2) is 9.59 Å². The van der Waals surface area contributed by atoms with Crippen LogP contribution < -0.4 is 10.6 Å². The van der Waals surface area contributed by atoms with E-state index < -0.39 is 35.0 Å². The number of nitrogens with zero attached hydrogens (tertiary/aromatic N) is 1. The summed E-state index contributed by atoms with van der Waals surface area (Å²) < 4.78 is 87.1. The Balaban J connectivity index is 2.67. The second kappa shape index (κ2) is 7.92. The number of halogens is 6. The van der Waals surface area contributed by atoms with Crippen LogP contribution in [0.2, 0.25) is 0 Å². The molecule has 0 unspecified atom stereocenters. The molecule has 1 heterocycles.